The Bertz CT molecular complexity index is 294. The quantitative estimate of drug-likeness (QED) is 0.386. The summed E-state index contributed by atoms with van der Waals surface area (Å²) >= 11 is 0. The lowest BCUT2D eigenvalue weighted by molar-refractivity contribution is -0.142. The van der Waals surface area contributed by atoms with Gasteiger partial charge in [-0.2, -0.15) is 0 Å². The molecule has 0 aliphatic carbocycles. The summed E-state index contributed by atoms with van der Waals surface area (Å²) in [6.07, 6.45) is 2.56. The summed E-state index contributed by atoms with van der Waals surface area (Å²) in [4.78, 5) is 32.8. The first kappa shape index (κ1) is 16.4. The maximum absolute atomic E-state index is 11.4. The molecule has 0 heterocycles. The molecule has 0 aromatic rings. The lowest BCUT2D eigenvalue weighted by Gasteiger charge is -2.13. The van der Waals surface area contributed by atoms with Crippen molar-refractivity contribution in [3.05, 3.63) is 0 Å². The second kappa shape index (κ2) is 9.41. The number of nitrogens with one attached hydrogen (secondary N) is 1. The largest absolute Gasteiger partial charge is 0.480 e. The number of amides is 2. The van der Waals surface area contributed by atoms with Crippen molar-refractivity contribution in [3.63, 3.8) is 0 Å². The van der Waals surface area contributed by atoms with E-state index in [2.05, 4.69) is 5.32 Å². The number of carboxylic acid groups (broad SMARTS) is 1. The molecule has 7 nitrogen and oxygen atoms in total. The maximum atomic E-state index is 11.4. The van der Waals surface area contributed by atoms with Gasteiger partial charge in [0.1, 0.15) is 6.04 Å². The van der Waals surface area contributed by atoms with E-state index in [0.717, 1.165) is 12.8 Å². The van der Waals surface area contributed by atoms with Crippen molar-refractivity contribution in [2.45, 2.75) is 44.6 Å². The van der Waals surface area contributed by atoms with Crippen molar-refractivity contribution in [1.82, 2.24) is 5.32 Å². The van der Waals surface area contributed by atoms with E-state index in [0.29, 0.717) is 13.0 Å². The molecule has 0 fully saturated rings. The highest BCUT2D eigenvalue weighted by Crippen LogP contribution is 2.02. The van der Waals surface area contributed by atoms with Gasteiger partial charge in [-0.3, -0.25) is 9.59 Å². The first-order chi connectivity index (χ1) is 8.47. The van der Waals surface area contributed by atoms with Gasteiger partial charge >= 0.3 is 5.97 Å². The van der Waals surface area contributed by atoms with Crippen molar-refractivity contribution in [1.29, 1.82) is 0 Å². The molecule has 0 rings (SSSR count). The minimum absolute atomic E-state index is 0.0131. The van der Waals surface area contributed by atoms with Crippen LogP contribution >= 0.6 is 0 Å². The monoisotopic (exact) mass is 259 g/mol. The lowest BCUT2D eigenvalue weighted by atomic mass is 10.1. The Kier molecular flexibility index (Phi) is 8.55. The lowest BCUT2D eigenvalue weighted by Crippen LogP contribution is -2.41. The molecule has 0 radical (unpaired) electrons. The summed E-state index contributed by atoms with van der Waals surface area (Å²) in [6.45, 7) is 0.581. The summed E-state index contributed by atoms with van der Waals surface area (Å²) in [6, 6.07) is -1.06. The maximum Gasteiger partial charge on any atom is 0.326 e. The van der Waals surface area contributed by atoms with Crippen LogP contribution in [0.1, 0.15) is 38.5 Å². The van der Waals surface area contributed by atoms with Crippen LogP contribution in [0.25, 0.3) is 0 Å². The van der Waals surface area contributed by atoms with Crippen LogP contribution in [0.3, 0.4) is 0 Å². The van der Waals surface area contributed by atoms with Crippen molar-refractivity contribution >= 4 is 17.8 Å². The van der Waals surface area contributed by atoms with Crippen LogP contribution in [0, 0.1) is 0 Å². The molecule has 104 valence electrons. The van der Waals surface area contributed by atoms with Crippen LogP contribution in [0.2, 0.25) is 0 Å². The smallest absolute Gasteiger partial charge is 0.326 e. The van der Waals surface area contributed by atoms with Crippen molar-refractivity contribution in [2.24, 2.45) is 11.5 Å². The van der Waals surface area contributed by atoms with E-state index in [1.807, 2.05) is 0 Å². The van der Waals surface area contributed by atoms with Gasteiger partial charge in [-0.25, -0.2) is 4.79 Å². The number of primary amides is 1. The number of hydrogen-bond donors (Lipinski definition) is 4. The van der Waals surface area contributed by atoms with Crippen LogP contribution in [-0.2, 0) is 14.4 Å². The molecule has 18 heavy (non-hydrogen) atoms. The fraction of sp³-hybridized carbons (Fsp3) is 0.727. The van der Waals surface area contributed by atoms with E-state index < -0.39 is 17.9 Å². The number of hydrogen-bond acceptors (Lipinski definition) is 4. The van der Waals surface area contributed by atoms with E-state index in [-0.39, 0.29) is 25.2 Å². The number of nitrogens with two attached hydrogens (primary N) is 2. The molecule has 0 aliphatic heterocycles. The zero-order valence-electron chi connectivity index (χ0n) is 10.4. The fourth-order valence-electron chi connectivity index (χ4n) is 1.42. The molecule has 0 aromatic heterocycles. The molecule has 6 N–H and O–H groups in total. The minimum Gasteiger partial charge on any atom is -0.480 e. The SMILES string of the molecule is NCCCCCC(=O)NC(CCC(N)=O)C(=O)O. The van der Waals surface area contributed by atoms with E-state index in [1.165, 1.54) is 0 Å². The molecule has 1 unspecified atom stereocenters. The second-order valence-electron chi connectivity index (χ2n) is 4.06. The van der Waals surface area contributed by atoms with E-state index in [1.54, 1.807) is 0 Å². The Morgan fingerprint density at radius 3 is 2.28 bits per heavy atom. The summed E-state index contributed by atoms with van der Waals surface area (Å²) in [5.74, 6) is -2.08. The highest BCUT2D eigenvalue weighted by atomic mass is 16.4. The number of aliphatic carboxylic acids is 1. The van der Waals surface area contributed by atoms with Gasteiger partial charge in [-0.1, -0.05) is 6.42 Å². The Labute approximate surface area is 106 Å². The van der Waals surface area contributed by atoms with Crippen LogP contribution in [-0.4, -0.2) is 35.5 Å². The van der Waals surface area contributed by atoms with Gasteiger partial charge in [0.25, 0.3) is 0 Å². The van der Waals surface area contributed by atoms with Crippen LogP contribution in [0.4, 0.5) is 0 Å². The number of rotatable bonds is 10. The van der Waals surface area contributed by atoms with Crippen molar-refractivity contribution < 1.29 is 19.5 Å². The minimum atomic E-state index is -1.16. The van der Waals surface area contributed by atoms with Crippen LogP contribution < -0.4 is 16.8 Å². The third-order valence-electron chi connectivity index (χ3n) is 2.42. The van der Waals surface area contributed by atoms with Gasteiger partial charge < -0.3 is 21.9 Å². The molecule has 0 bridgehead atoms. The van der Waals surface area contributed by atoms with Gasteiger partial charge in [0.2, 0.25) is 11.8 Å². The Morgan fingerprint density at radius 1 is 1.11 bits per heavy atom. The topological polar surface area (TPSA) is 136 Å². The average Bonchev–Trinajstić information content (AvgIpc) is 2.29. The standard InChI is InChI=1S/C11H21N3O4/c12-7-3-1-2-4-10(16)14-8(11(17)18)5-6-9(13)15/h8H,1-7,12H2,(H2,13,15)(H,14,16)(H,17,18). The van der Waals surface area contributed by atoms with E-state index in [4.69, 9.17) is 16.6 Å². The number of carbonyl (C=O) groups is 3. The highest BCUT2D eigenvalue weighted by Gasteiger charge is 2.19. The fourth-order valence-corrected chi connectivity index (χ4v) is 1.42. The van der Waals surface area contributed by atoms with Gasteiger partial charge in [0.15, 0.2) is 0 Å². The number of carboxylic acids is 1. The Hall–Kier alpha value is -1.63. The van der Waals surface area contributed by atoms with E-state index in [9.17, 15) is 14.4 Å². The Balaban J connectivity index is 3.96. The molecule has 0 saturated heterocycles. The van der Waals surface area contributed by atoms with Crippen LogP contribution in [0.5, 0.6) is 0 Å². The van der Waals surface area contributed by atoms with Gasteiger partial charge in [0, 0.05) is 12.8 Å². The predicted molar refractivity (Wildman–Crippen MR) is 65.5 cm³/mol. The van der Waals surface area contributed by atoms with Crippen molar-refractivity contribution in [3.8, 4) is 0 Å². The van der Waals surface area contributed by atoms with Gasteiger partial charge in [0.05, 0.1) is 0 Å². The molecular weight excluding hydrogens is 238 g/mol. The molecular formula is C11H21N3O4. The second-order valence-corrected chi connectivity index (χ2v) is 4.06. The predicted octanol–water partition coefficient (Wildman–Crippen LogP) is -0.660. The molecule has 2 amide bonds. The summed E-state index contributed by atoms with van der Waals surface area (Å²) in [7, 11) is 0. The summed E-state index contributed by atoms with van der Waals surface area (Å²) in [5.41, 5.74) is 10.2. The number of unbranched alkanes of at least 4 members (excludes halogenated alkanes) is 2. The normalized spacial score (nSPS) is 11.8. The van der Waals surface area contributed by atoms with Gasteiger partial charge in [-0.15, -0.1) is 0 Å². The molecule has 0 aliphatic rings. The first-order valence-electron chi connectivity index (χ1n) is 5.98. The molecule has 7 heteroatoms. The highest BCUT2D eigenvalue weighted by molar-refractivity contribution is 5.84. The Morgan fingerprint density at radius 2 is 1.78 bits per heavy atom. The van der Waals surface area contributed by atoms with Crippen molar-refractivity contribution in [2.75, 3.05) is 6.54 Å². The van der Waals surface area contributed by atoms with Crippen LogP contribution in [0.15, 0.2) is 0 Å². The summed E-state index contributed by atoms with van der Waals surface area (Å²) < 4.78 is 0. The van der Waals surface area contributed by atoms with E-state index >= 15 is 0 Å². The molecule has 1 atom stereocenters. The number of carbonyl (C=O) groups excluding carboxylic acids is 2. The first-order valence-corrected chi connectivity index (χ1v) is 5.98. The zero-order valence-corrected chi connectivity index (χ0v) is 10.4. The third-order valence-corrected chi connectivity index (χ3v) is 2.42. The summed E-state index contributed by atoms with van der Waals surface area (Å²) in [5, 5.41) is 11.2. The molecule has 0 saturated carbocycles. The van der Waals surface area contributed by atoms with Gasteiger partial charge in [-0.05, 0) is 25.8 Å². The molecule has 0 aromatic carbocycles. The third kappa shape index (κ3) is 8.51. The zero-order chi connectivity index (χ0) is 14.0. The molecule has 0 spiro atoms. The average molecular weight is 259 g/mol.